The molecule has 1 fully saturated rings. The lowest BCUT2D eigenvalue weighted by molar-refractivity contribution is 0.0868. The number of hydrogen-bond acceptors (Lipinski definition) is 3. The van der Waals surface area contributed by atoms with Crippen LogP contribution < -0.4 is 5.32 Å². The van der Waals surface area contributed by atoms with Gasteiger partial charge in [-0.1, -0.05) is 43.5 Å². The van der Waals surface area contributed by atoms with Gasteiger partial charge in [0.1, 0.15) is 0 Å². The Labute approximate surface area is 153 Å². The monoisotopic (exact) mass is 345 g/mol. The van der Waals surface area contributed by atoms with Crippen molar-refractivity contribution < 1.29 is 4.79 Å². The SMILES string of the molecule is O=C(NC1(Cc2cccnc2)CCCCC1)c1cnc2ccccc2c1. The van der Waals surface area contributed by atoms with Gasteiger partial charge in [-0.15, -0.1) is 0 Å². The normalized spacial score (nSPS) is 16.3. The first-order chi connectivity index (χ1) is 12.7. The molecule has 0 atom stereocenters. The molecule has 26 heavy (non-hydrogen) atoms. The zero-order valence-corrected chi connectivity index (χ0v) is 14.8. The van der Waals surface area contributed by atoms with Crippen molar-refractivity contribution >= 4 is 16.8 Å². The second kappa shape index (κ2) is 7.24. The van der Waals surface area contributed by atoms with E-state index in [9.17, 15) is 4.79 Å². The number of aromatic nitrogens is 2. The molecule has 3 aromatic rings. The molecule has 1 N–H and O–H groups in total. The van der Waals surface area contributed by atoms with Crippen molar-refractivity contribution in [3.8, 4) is 0 Å². The van der Waals surface area contributed by atoms with Crippen molar-refractivity contribution in [1.29, 1.82) is 0 Å². The summed E-state index contributed by atoms with van der Waals surface area (Å²) in [6.45, 7) is 0. The molecule has 0 radical (unpaired) electrons. The number of carbonyl (C=O) groups excluding carboxylic acids is 1. The van der Waals surface area contributed by atoms with Crippen LogP contribution in [0.1, 0.15) is 48.0 Å². The molecule has 0 unspecified atom stereocenters. The predicted molar refractivity (Wildman–Crippen MR) is 103 cm³/mol. The van der Waals surface area contributed by atoms with E-state index in [0.717, 1.165) is 43.0 Å². The molecule has 1 saturated carbocycles. The Balaban J connectivity index is 1.58. The molecular formula is C22H23N3O. The van der Waals surface area contributed by atoms with Crippen molar-refractivity contribution in [3.63, 3.8) is 0 Å². The number of para-hydroxylation sites is 1. The van der Waals surface area contributed by atoms with Gasteiger partial charge in [-0.25, -0.2) is 0 Å². The highest BCUT2D eigenvalue weighted by Gasteiger charge is 2.34. The second-order valence-electron chi connectivity index (χ2n) is 7.25. The van der Waals surface area contributed by atoms with Crippen LogP contribution in [0.15, 0.2) is 61.1 Å². The van der Waals surface area contributed by atoms with Crippen molar-refractivity contribution in [1.82, 2.24) is 15.3 Å². The molecule has 1 amide bonds. The van der Waals surface area contributed by atoms with Gasteiger partial charge in [0.25, 0.3) is 5.91 Å². The largest absolute Gasteiger partial charge is 0.346 e. The fourth-order valence-electron chi connectivity index (χ4n) is 3.98. The van der Waals surface area contributed by atoms with Gasteiger partial charge in [0.2, 0.25) is 0 Å². The van der Waals surface area contributed by atoms with Gasteiger partial charge in [-0.2, -0.15) is 0 Å². The van der Waals surface area contributed by atoms with Gasteiger partial charge >= 0.3 is 0 Å². The van der Waals surface area contributed by atoms with Crippen LogP contribution in [0.3, 0.4) is 0 Å². The predicted octanol–water partition coefficient (Wildman–Crippen LogP) is 4.31. The van der Waals surface area contributed by atoms with E-state index in [1.165, 1.54) is 12.0 Å². The molecule has 132 valence electrons. The minimum atomic E-state index is -0.190. The molecule has 1 aliphatic carbocycles. The molecule has 0 spiro atoms. The highest BCUT2D eigenvalue weighted by molar-refractivity contribution is 5.97. The first-order valence-electron chi connectivity index (χ1n) is 9.30. The molecule has 0 bridgehead atoms. The first-order valence-corrected chi connectivity index (χ1v) is 9.30. The number of nitrogens with one attached hydrogen (secondary N) is 1. The summed E-state index contributed by atoms with van der Waals surface area (Å²) < 4.78 is 0. The third-order valence-electron chi connectivity index (χ3n) is 5.31. The van der Waals surface area contributed by atoms with Crippen LogP contribution >= 0.6 is 0 Å². The van der Waals surface area contributed by atoms with Gasteiger partial charge in [0.15, 0.2) is 0 Å². The highest BCUT2D eigenvalue weighted by atomic mass is 16.1. The molecule has 4 heteroatoms. The first kappa shape index (κ1) is 16.7. The van der Waals surface area contributed by atoms with Crippen LogP contribution in [-0.4, -0.2) is 21.4 Å². The minimum absolute atomic E-state index is 0.0333. The Kier molecular flexibility index (Phi) is 4.65. The lowest BCUT2D eigenvalue weighted by Crippen LogP contribution is -2.51. The van der Waals surface area contributed by atoms with E-state index in [1.807, 2.05) is 42.6 Å². The van der Waals surface area contributed by atoms with Crippen molar-refractivity contribution in [2.75, 3.05) is 0 Å². The summed E-state index contributed by atoms with van der Waals surface area (Å²) in [6.07, 6.45) is 11.8. The maximum atomic E-state index is 13.0. The van der Waals surface area contributed by atoms with Gasteiger partial charge in [-0.05, 0) is 43.0 Å². The van der Waals surface area contributed by atoms with Crippen LogP contribution in [0, 0.1) is 0 Å². The van der Waals surface area contributed by atoms with Crippen LogP contribution in [0.2, 0.25) is 0 Å². The lowest BCUT2D eigenvalue weighted by atomic mass is 9.77. The average molecular weight is 345 g/mol. The summed E-state index contributed by atoms with van der Waals surface area (Å²) in [5, 5.41) is 4.35. The van der Waals surface area contributed by atoms with Crippen molar-refractivity contribution in [3.05, 3.63) is 72.2 Å². The Hall–Kier alpha value is -2.75. The number of benzene rings is 1. The molecule has 1 aromatic carbocycles. The molecular weight excluding hydrogens is 322 g/mol. The van der Waals surface area contributed by atoms with Crippen molar-refractivity contribution in [2.45, 2.75) is 44.1 Å². The fraction of sp³-hybridized carbons (Fsp3) is 0.318. The zero-order chi connectivity index (χ0) is 17.8. The number of amides is 1. The molecule has 1 aliphatic rings. The lowest BCUT2D eigenvalue weighted by Gasteiger charge is -2.38. The highest BCUT2D eigenvalue weighted by Crippen LogP contribution is 2.31. The molecule has 0 saturated heterocycles. The van der Waals surface area contributed by atoms with Crippen molar-refractivity contribution in [2.24, 2.45) is 0 Å². The molecule has 2 aromatic heterocycles. The van der Waals surface area contributed by atoms with Gasteiger partial charge in [-0.3, -0.25) is 14.8 Å². The molecule has 4 nitrogen and oxygen atoms in total. The van der Waals surface area contributed by atoms with E-state index >= 15 is 0 Å². The quantitative estimate of drug-likeness (QED) is 0.767. The summed E-state index contributed by atoms with van der Waals surface area (Å²) in [5.41, 5.74) is 2.52. The van der Waals surface area contributed by atoms with Crippen LogP contribution in [0.25, 0.3) is 10.9 Å². The summed E-state index contributed by atoms with van der Waals surface area (Å²) in [6, 6.07) is 13.9. The second-order valence-corrected chi connectivity index (χ2v) is 7.25. The number of nitrogens with zero attached hydrogens (tertiary/aromatic N) is 2. The number of fused-ring (bicyclic) bond motifs is 1. The van der Waals surface area contributed by atoms with E-state index in [4.69, 9.17) is 0 Å². The zero-order valence-electron chi connectivity index (χ0n) is 14.8. The van der Waals surface area contributed by atoms with Gasteiger partial charge in [0, 0.05) is 29.5 Å². The van der Waals surface area contributed by atoms with Crippen LogP contribution in [-0.2, 0) is 6.42 Å². The average Bonchev–Trinajstić information content (AvgIpc) is 2.69. The Morgan fingerprint density at radius 3 is 2.69 bits per heavy atom. The standard InChI is InChI=1S/C22H23N3O/c26-21(19-13-18-8-2-3-9-20(18)24-16-19)25-22(10-4-1-5-11-22)14-17-7-6-12-23-15-17/h2-3,6-9,12-13,15-16H,1,4-5,10-11,14H2,(H,25,26). The maximum Gasteiger partial charge on any atom is 0.253 e. The Morgan fingerprint density at radius 1 is 1.04 bits per heavy atom. The topological polar surface area (TPSA) is 54.9 Å². The smallest absolute Gasteiger partial charge is 0.253 e. The van der Waals surface area contributed by atoms with Crippen LogP contribution in [0.4, 0.5) is 0 Å². The number of carbonyl (C=O) groups is 1. The summed E-state index contributed by atoms with van der Waals surface area (Å²) >= 11 is 0. The van der Waals surface area contributed by atoms with E-state index in [-0.39, 0.29) is 11.4 Å². The van der Waals surface area contributed by atoms with Gasteiger partial charge < -0.3 is 5.32 Å². The summed E-state index contributed by atoms with van der Waals surface area (Å²) in [5.74, 6) is -0.0333. The fourth-order valence-corrected chi connectivity index (χ4v) is 3.98. The number of pyridine rings is 2. The van der Waals surface area contributed by atoms with E-state index < -0.39 is 0 Å². The molecule has 2 heterocycles. The van der Waals surface area contributed by atoms with Crippen LogP contribution in [0.5, 0.6) is 0 Å². The van der Waals surface area contributed by atoms with E-state index in [0.29, 0.717) is 5.56 Å². The molecule has 0 aliphatic heterocycles. The summed E-state index contributed by atoms with van der Waals surface area (Å²) in [7, 11) is 0. The van der Waals surface area contributed by atoms with Gasteiger partial charge in [0.05, 0.1) is 11.1 Å². The third-order valence-corrected chi connectivity index (χ3v) is 5.31. The molecule has 4 rings (SSSR count). The summed E-state index contributed by atoms with van der Waals surface area (Å²) in [4.78, 5) is 21.6. The Bertz CT molecular complexity index is 901. The van der Waals surface area contributed by atoms with E-state index in [1.54, 1.807) is 12.4 Å². The number of rotatable bonds is 4. The van der Waals surface area contributed by atoms with E-state index in [2.05, 4.69) is 21.4 Å². The third kappa shape index (κ3) is 3.59. The Morgan fingerprint density at radius 2 is 1.88 bits per heavy atom. The maximum absolute atomic E-state index is 13.0. The minimum Gasteiger partial charge on any atom is -0.346 e. The number of hydrogen-bond donors (Lipinski definition) is 1.